The number of pyridine rings is 1. The number of nitrogens with two attached hydrogens (primary N) is 1. The fourth-order valence-electron chi connectivity index (χ4n) is 10.9. The van der Waals surface area contributed by atoms with Crippen molar-refractivity contribution < 1.29 is 140 Å². The average molecular weight is 1590 g/mol. The van der Waals surface area contributed by atoms with Gasteiger partial charge < -0.3 is 133 Å². The molecule has 12 N–H and O–H groups in total. The van der Waals surface area contributed by atoms with Crippen LogP contribution >= 0.6 is 0 Å². The van der Waals surface area contributed by atoms with Crippen LogP contribution in [0.5, 0.6) is 5.75 Å². The number of aliphatic hydroxyl groups excluding tert-OH is 3. The van der Waals surface area contributed by atoms with Gasteiger partial charge in [0.05, 0.1) is 181 Å². The van der Waals surface area contributed by atoms with Crippen LogP contribution in [-0.2, 0) is 124 Å². The Morgan fingerprint density at radius 1 is 0.616 bits per heavy atom. The molecule has 2 aliphatic heterocycles. The van der Waals surface area contributed by atoms with Crippen molar-refractivity contribution in [3.63, 3.8) is 0 Å². The summed E-state index contributed by atoms with van der Waals surface area (Å²) in [5.41, 5.74) is 6.05. The maximum absolute atomic E-state index is 13.9. The number of para-hydroxylation sites is 1. The highest BCUT2D eigenvalue weighted by molar-refractivity contribution is 6.15. The molecule has 112 heavy (non-hydrogen) atoms. The zero-order valence-electron chi connectivity index (χ0n) is 63.9. The highest BCUT2D eigenvalue weighted by Crippen LogP contribution is 2.34. The van der Waals surface area contributed by atoms with Gasteiger partial charge in [-0.2, -0.15) is 0 Å². The van der Waals surface area contributed by atoms with Gasteiger partial charge in [-0.05, 0) is 63.8 Å². The molecule has 2 aromatic heterocycles. The predicted octanol–water partition coefficient (Wildman–Crippen LogP) is -0.401. The fourth-order valence-corrected chi connectivity index (χ4v) is 10.9. The van der Waals surface area contributed by atoms with E-state index in [0.717, 1.165) is 12.2 Å². The maximum Gasteiger partial charge on any atom is 0.413 e. The molecule has 0 unspecified atom stereocenters. The SMILES string of the molecule is CCOCc1nc2c(NC(=O)OCc3ccc(O[C@@H]4O[C@H](C(=O)O)[C@@H](O)[C@H](O)[C@H]4O)c(NC(=O)CCNC(=O)[C@H](CCCCNC(=O)CCOCCOCCOCCOCCOCCOCCOCCOCCOCCOCCOCCOC)NC(=O)[C@H](CN)N4C(=O)C=CC4=O)c3)nc3ccccc3c2n1CC(C)(C)O. The topological polar surface area (TPSA) is 506 Å². The third kappa shape index (κ3) is 33.5. The molecule has 0 aliphatic carbocycles. The second kappa shape index (κ2) is 52.3. The molecule has 0 bridgehead atoms. The maximum atomic E-state index is 13.9. The smallest absolute Gasteiger partial charge is 0.413 e. The lowest BCUT2D eigenvalue weighted by Gasteiger charge is -2.38. The molecule has 0 spiro atoms. The van der Waals surface area contributed by atoms with Crippen LogP contribution in [0.1, 0.15) is 64.3 Å². The first kappa shape index (κ1) is 92.7. The number of carbonyl (C=O) groups is 8. The number of benzene rings is 2. The predicted molar refractivity (Wildman–Crippen MR) is 396 cm³/mol. The third-order valence-electron chi connectivity index (χ3n) is 16.4. The van der Waals surface area contributed by atoms with Gasteiger partial charge in [-0.1, -0.05) is 24.3 Å². The summed E-state index contributed by atoms with van der Waals surface area (Å²) in [6.45, 7) is 14.0. The molecule has 39 nitrogen and oxygen atoms in total. The van der Waals surface area contributed by atoms with Gasteiger partial charge in [0.25, 0.3) is 11.8 Å². The molecule has 0 saturated carbocycles. The van der Waals surface area contributed by atoms with Gasteiger partial charge in [-0.3, -0.25) is 39.0 Å². The quantitative estimate of drug-likeness (QED) is 0.0198. The molecule has 2 aromatic carbocycles. The molecule has 0 radical (unpaired) electrons. The Kier molecular flexibility index (Phi) is 43.3. The van der Waals surface area contributed by atoms with Gasteiger partial charge >= 0.3 is 12.1 Å². The summed E-state index contributed by atoms with van der Waals surface area (Å²) in [4.78, 5) is 115. The Balaban J connectivity index is 0.887. The number of aliphatic carboxylic acids is 1. The summed E-state index contributed by atoms with van der Waals surface area (Å²) < 4.78 is 89.6. The van der Waals surface area contributed by atoms with Crippen molar-refractivity contribution in [3.05, 3.63) is 66.0 Å². The number of methoxy groups -OCH3 is 1. The molecular formula is C73H110N10O29. The number of nitrogens with zero attached hydrogens (tertiary/aromatic N) is 4. The molecule has 7 amide bonds. The van der Waals surface area contributed by atoms with E-state index in [9.17, 15) is 63.9 Å². The molecule has 1 fully saturated rings. The number of anilines is 2. The Labute approximate surface area is 648 Å². The number of unbranched alkanes of at least 4 members (excludes halogenated alkanes) is 1. The summed E-state index contributed by atoms with van der Waals surface area (Å²) in [6.07, 6.45) is -9.06. The first-order valence-electron chi connectivity index (χ1n) is 37.1. The molecular weight excluding hydrogens is 1480 g/mol. The number of rotatable bonds is 61. The lowest BCUT2D eigenvalue weighted by molar-refractivity contribution is -0.271. The highest BCUT2D eigenvalue weighted by Gasteiger charge is 2.48. The number of aromatic nitrogens is 3. The van der Waals surface area contributed by atoms with Crippen LogP contribution in [0, 0.1) is 0 Å². The van der Waals surface area contributed by atoms with Crippen molar-refractivity contribution in [2.24, 2.45) is 5.73 Å². The van der Waals surface area contributed by atoms with Crippen molar-refractivity contribution in [2.75, 3.05) is 196 Å². The van der Waals surface area contributed by atoms with Gasteiger partial charge in [0, 0.05) is 63.7 Å². The van der Waals surface area contributed by atoms with Gasteiger partial charge in [0.2, 0.25) is 29.9 Å². The molecule has 4 heterocycles. The van der Waals surface area contributed by atoms with Crippen LogP contribution in [0.15, 0.2) is 54.6 Å². The minimum atomic E-state index is -2.06. The molecule has 1 saturated heterocycles. The number of carboxylic acids is 1. The Morgan fingerprint density at radius 3 is 1.69 bits per heavy atom. The van der Waals surface area contributed by atoms with Crippen molar-refractivity contribution in [2.45, 2.75) is 121 Å². The number of imide groups is 1. The summed E-state index contributed by atoms with van der Waals surface area (Å²) in [5, 5.41) is 66.3. The zero-order valence-corrected chi connectivity index (χ0v) is 63.9. The second-order valence-electron chi connectivity index (χ2n) is 25.7. The van der Waals surface area contributed by atoms with Crippen LogP contribution in [0.4, 0.5) is 16.3 Å². The number of carboxylic acid groups (broad SMARTS) is 1. The van der Waals surface area contributed by atoms with Crippen LogP contribution in [0.25, 0.3) is 21.9 Å². The van der Waals surface area contributed by atoms with Gasteiger partial charge in [-0.25, -0.2) is 19.6 Å². The summed E-state index contributed by atoms with van der Waals surface area (Å²) in [6, 6.07) is 8.27. The number of aliphatic hydroxyl groups is 4. The lowest BCUT2D eigenvalue weighted by atomic mass is 9.99. The van der Waals surface area contributed by atoms with E-state index in [4.69, 9.17) is 86.5 Å². The standard InChI is InChI=1S/C73H110N10O29/c1-5-98-47-56-80-61-62(82(56)48-73(2,3)96)50-10-6-7-11-51(50)78-67(61)81-72(95)110-46-49-13-14-55(111-71-65(90)63(88)64(89)66(112-71)70(93)94)53(44-49)77-58(85)17-20-76-68(91)52(79-69(92)54(45-74)83-59(86)15-16-60(83)87)12-8-9-19-75-57(84)18-21-99-24-25-101-28-29-103-32-33-105-36-37-107-40-41-109-43-42-108-39-38-106-35-34-104-31-30-102-27-26-100-23-22-97-4/h6-7,10-11,13-16,44,52,54,63-66,71,88-90,96H,5,8-9,12,17-43,45-48,74H2,1-4H3,(H,75,84)(H,76,91)(H,77,85)(H,79,92)(H,93,94)(H,78,81,95)/t52-,54-,63-,64-,65+,66-,71+/m0/s1. The summed E-state index contributed by atoms with van der Waals surface area (Å²) in [5.74, 6) is -5.88. The Hall–Kier alpha value is -8.14. The first-order valence-corrected chi connectivity index (χ1v) is 37.1. The van der Waals surface area contributed by atoms with E-state index >= 15 is 0 Å². The minimum Gasteiger partial charge on any atom is -0.479 e. The lowest BCUT2D eigenvalue weighted by Crippen LogP contribution is -2.61. The van der Waals surface area contributed by atoms with E-state index in [1.165, 1.54) is 18.2 Å². The number of nitrogens with one attached hydrogen (secondary N) is 5. The first-order chi connectivity index (χ1) is 54.1. The normalized spacial score (nSPS) is 16.9. The number of hydrogen-bond acceptors (Lipinski definition) is 31. The zero-order chi connectivity index (χ0) is 80.9. The van der Waals surface area contributed by atoms with E-state index in [-0.39, 0.29) is 99.6 Å². The number of fused-ring (bicyclic) bond motifs is 3. The second-order valence-corrected chi connectivity index (χ2v) is 25.7. The van der Waals surface area contributed by atoms with Crippen LogP contribution in [-0.4, -0.2) is 326 Å². The Morgan fingerprint density at radius 2 is 1.16 bits per heavy atom. The van der Waals surface area contributed by atoms with Crippen LogP contribution < -0.4 is 37.1 Å². The van der Waals surface area contributed by atoms with E-state index in [1.54, 1.807) is 37.7 Å². The summed E-state index contributed by atoms with van der Waals surface area (Å²) in [7, 11) is 1.63. The van der Waals surface area contributed by atoms with Gasteiger partial charge in [0.1, 0.15) is 60.7 Å². The number of amides is 7. The number of ether oxygens (including phenoxy) is 16. The number of carbonyl (C=O) groups excluding carboxylic acids is 7. The summed E-state index contributed by atoms with van der Waals surface area (Å²) >= 11 is 0. The van der Waals surface area contributed by atoms with E-state index in [1.807, 2.05) is 19.1 Å². The van der Waals surface area contributed by atoms with Crippen molar-refractivity contribution >= 4 is 80.9 Å². The number of hydrogen-bond donors (Lipinski definition) is 11. The molecule has 626 valence electrons. The molecule has 4 aromatic rings. The fraction of sp³-hybridized carbons (Fsp3) is 0.644. The molecule has 2 aliphatic rings. The van der Waals surface area contributed by atoms with Gasteiger partial charge in [0.15, 0.2) is 11.9 Å². The minimum absolute atomic E-state index is 0.0250. The molecule has 39 heteroatoms. The van der Waals surface area contributed by atoms with E-state index < -0.39 is 110 Å². The Bertz CT molecular complexity index is 3530. The third-order valence-corrected chi connectivity index (χ3v) is 16.4. The van der Waals surface area contributed by atoms with E-state index in [0.29, 0.717) is 172 Å². The van der Waals surface area contributed by atoms with Crippen molar-refractivity contribution in [1.29, 1.82) is 0 Å². The van der Waals surface area contributed by atoms with Crippen molar-refractivity contribution in [3.8, 4) is 5.75 Å². The molecule has 7 atom stereocenters. The molecule has 6 rings (SSSR count). The average Bonchev–Trinajstić information content (AvgIpc) is 1.58. The van der Waals surface area contributed by atoms with Crippen LogP contribution in [0.3, 0.4) is 0 Å². The largest absolute Gasteiger partial charge is 0.479 e. The monoisotopic (exact) mass is 1590 g/mol. The van der Waals surface area contributed by atoms with Crippen LogP contribution in [0.2, 0.25) is 0 Å². The number of imidazole rings is 1. The van der Waals surface area contributed by atoms with E-state index in [2.05, 4.69) is 31.6 Å². The highest BCUT2D eigenvalue weighted by atomic mass is 16.7. The van der Waals surface area contributed by atoms with Gasteiger partial charge in [-0.15, -0.1) is 0 Å². The van der Waals surface area contributed by atoms with Crippen molar-refractivity contribution in [1.82, 2.24) is 35.4 Å².